The summed E-state index contributed by atoms with van der Waals surface area (Å²) in [5.74, 6) is -0.119. The molecule has 0 spiro atoms. The number of hydrogen-bond donors (Lipinski definition) is 1. The Balaban J connectivity index is 2.04. The molecule has 0 fully saturated rings. The highest BCUT2D eigenvalue weighted by atomic mass is 32.1. The van der Waals surface area contributed by atoms with Gasteiger partial charge in [0.1, 0.15) is 5.82 Å². The predicted octanol–water partition coefficient (Wildman–Crippen LogP) is 4.22. The standard InChI is InChI=1S/C15H14FNOS/c1-18-7-6-14-15(16)12(9-19-14)11-8-17-13-5-3-2-4-10(11)13/h2-5,8-9,17H,6-7H2,1H3. The van der Waals surface area contributed by atoms with Crippen LogP contribution in [0.3, 0.4) is 0 Å². The third kappa shape index (κ3) is 2.17. The summed E-state index contributed by atoms with van der Waals surface area (Å²) < 4.78 is 19.4. The highest BCUT2D eigenvalue weighted by Crippen LogP contribution is 2.35. The van der Waals surface area contributed by atoms with E-state index in [4.69, 9.17) is 4.74 Å². The molecule has 98 valence electrons. The van der Waals surface area contributed by atoms with Crippen LogP contribution in [0.5, 0.6) is 0 Å². The number of H-pyrrole nitrogens is 1. The van der Waals surface area contributed by atoms with Crippen molar-refractivity contribution in [2.24, 2.45) is 0 Å². The van der Waals surface area contributed by atoms with Crippen molar-refractivity contribution in [3.63, 3.8) is 0 Å². The Morgan fingerprint density at radius 1 is 1.26 bits per heavy atom. The first-order valence-electron chi connectivity index (χ1n) is 6.12. The highest BCUT2D eigenvalue weighted by molar-refractivity contribution is 7.10. The number of fused-ring (bicyclic) bond motifs is 1. The lowest BCUT2D eigenvalue weighted by Crippen LogP contribution is -1.94. The van der Waals surface area contributed by atoms with E-state index in [0.717, 1.165) is 21.3 Å². The quantitative estimate of drug-likeness (QED) is 0.757. The van der Waals surface area contributed by atoms with Gasteiger partial charge in [-0.1, -0.05) is 18.2 Å². The van der Waals surface area contributed by atoms with Gasteiger partial charge in [0.05, 0.1) is 6.61 Å². The third-order valence-electron chi connectivity index (χ3n) is 3.21. The molecule has 0 radical (unpaired) electrons. The average Bonchev–Trinajstić information content (AvgIpc) is 3.00. The summed E-state index contributed by atoms with van der Waals surface area (Å²) in [6, 6.07) is 7.94. The Labute approximate surface area is 114 Å². The molecule has 0 aliphatic carbocycles. The fourth-order valence-corrected chi connectivity index (χ4v) is 3.13. The Morgan fingerprint density at radius 2 is 2.11 bits per heavy atom. The zero-order chi connectivity index (χ0) is 13.2. The minimum atomic E-state index is -0.119. The summed E-state index contributed by atoms with van der Waals surface area (Å²) in [5.41, 5.74) is 2.63. The van der Waals surface area contributed by atoms with Crippen molar-refractivity contribution in [3.05, 3.63) is 46.5 Å². The predicted molar refractivity (Wildman–Crippen MR) is 77.1 cm³/mol. The first-order chi connectivity index (χ1) is 9.31. The molecule has 0 amide bonds. The number of nitrogens with one attached hydrogen (secondary N) is 1. The Morgan fingerprint density at radius 3 is 2.95 bits per heavy atom. The molecule has 0 atom stereocenters. The van der Waals surface area contributed by atoms with Gasteiger partial charge in [0, 0.05) is 52.0 Å². The molecular formula is C15H14FNOS. The van der Waals surface area contributed by atoms with Crippen molar-refractivity contribution in [2.75, 3.05) is 13.7 Å². The lowest BCUT2D eigenvalue weighted by molar-refractivity contribution is 0.202. The molecular weight excluding hydrogens is 261 g/mol. The second-order valence-electron chi connectivity index (χ2n) is 4.38. The van der Waals surface area contributed by atoms with Crippen LogP contribution in [0.15, 0.2) is 35.8 Å². The molecule has 19 heavy (non-hydrogen) atoms. The molecule has 1 aromatic carbocycles. The van der Waals surface area contributed by atoms with E-state index in [0.29, 0.717) is 18.6 Å². The van der Waals surface area contributed by atoms with Crippen LogP contribution in [0.2, 0.25) is 0 Å². The largest absolute Gasteiger partial charge is 0.384 e. The van der Waals surface area contributed by atoms with Gasteiger partial charge < -0.3 is 9.72 Å². The number of thiophene rings is 1. The number of rotatable bonds is 4. The Bertz CT molecular complexity index is 701. The Kier molecular flexibility index (Phi) is 3.36. The van der Waals surface area contributed by atoms with Crippen LogP contribution in [0.4, 0.5) is 4.39 Å². The van der Waals surface area contributed by atoms with E-state index in [1.807, 2.05) is 35.8 Å². The molecule has 2 nitrogen and oxygen atoms in total. The summed E-state index contributed by atoms with van der Waals surface area (Å²) in [7, 11) is 1.63. The fourth-order valence-electron chi connectivity index (χ4n) is 2.22. The topological polar surface area (TPSA) is 25.0 Å². The number of hydrogen-bond acceptors (Lipinski definition) is 2. The van der Waals surface area contributed by atoms with Crippen molar-refractivity contribution < 1.29 is 9.13 Å². The summed E-state index contributed by atoms with van der Waals surface area (Å²) in [4.78, 5) is 3.93. The molecule has 0 saturated heterocycles. The maximum absolute atomic E-state index is 14.4. The zero-order valence-corrected chi connectivity index (χ0v) is 11.4. The van der Waals surface area contributed by atoms with Crippen LogP contribution in [0, 0.1) is 5.82 Å². The van der Waals surface area contributed by atoms with Gasteiger partial charge in [-0.25, -0.2) is 4.39 Å². The Hall–Kier alpha value is -1.65. The summed E-state index contributed by atoms with van der Waals surface area (Å²) >= 11 is 1.45. The number of methoxy groups -OCH3 is 1. The fraction of sp³-hybridized carbons (Fsp3) is 0.200. The van der Waals surface area contributed by atoms with E-state index in [2.05, 4.69) is 4.98 Å². The van der Waals surface area contributed by atoms with Gasteiger partial charge >= 0.3 is 0 Å². The summed E-state index contributed by atoms with van der Waals surface area (Å²) in [6.45, 7) is 0.546. The lowest BCUT2D eigenvalue weighted by atomic mass is 10.1. The zero-order valence-electron chi connectivity index (χ0n) is 10.6. The minimum Gasteiger partial charge on any atom is -0.384 e. The van der Waals surface area contributed by atoms with Gasteiger partial charge in [-0.05, 0) is 6.07 Å². The molecule has 0 saturated carbocycles. The van der Waals surface area contributed by atoms with Crippen molar-refractivity contribution in [1.29, 1.82) is 0 Å². The number of ether oxygens (including phenoxy) is 1. The van der Waals surface area contributed by atoms with Crippen LogP contribution in [0.1, 0.15) is 4.88 Å². The maximum Gasteiger partial charge on any atom is 0.145 e. The summed E-state index contributed by atoms with van der Waals surface area (Å²) in [5, 5.41) is 2.94. The van der Waals surface area contributed by atoms with E-state index < -0.39 is 0 Å². The average molecular weight is 275 g/mol. The van der Waals surface area contributed by atoms with Crippen LogP contribution >= 0.6 is 11.3 Å². The third-order valence-corrected chi connectivity index (χ3v) is 4.23. The van der Waals surface area contributed by atoms with Gasteiger partial charge in [0.2, 0.25) is 0 Å². The van der Waals surface area contributed by atoms with Gasteiger partial charge in [0.15, 0.2) is 0 Å². The molecule has 0 bridgehead atoms. The number of benzene rings is 1. The normalized spacial score (nSPS) is 11.3. The molecule has 2 heterocycles. The van der Waals surface area contributed by atoms with Crippen LogP contribution in [-0.2, 0) is 11.2 Å². The highest BCUT2D eigenvalue weighted by Gasteiger charge is 2.15. The van der Waals surface area contributed by atoms with Crippen molar-refractivity contribution in [2.45, 2.75) is 6.42 Å². The van der Waals surface area contributed by atoms with E-state index in [9.17, 15) is 4.39 Å². The van der Waals surface area contributed by atoms with Gasteiger partial charge in [0.25, 0.3) is 0 Å². The molecule has 0 unspecified atom stereocenters. The second-order valence-corrected chi connectivity index (χ2v) is 5.34. The SMILES string of the molecule is COCCc1scc(-c2c[nH]c3ccccc23)c1F. The molecule has 3 aromatic rings. The number of aromatic nitrogens is 1. The van der Waals surface area contributed by atoms with Gasteiger partial charge in [-0.15, -0.1) is 11.3 Å². The second kappa shape index (κ2) is 5.15. The summed E-state index contributed by atoms with van der Waals surface area (Å²) in [6.07, 6.45) is 2.49. The molecule has 4 heteroatoms. The van der Waals surface area contributed by atoms with Crippen LogP contribution < -0.4 is 0 Å². The molecule has 0 aliphatic rings. The maximum atomic E-state index is 14.4. The smallest absolute Gasteiger partial charge is 0.145 e. The van der Waals surface area contributed by atoms with E-state index in [1.165, 1.54) is 11.3 Å². The number of halogens is 1. The molecule has 3 rings (SSSR count). The number of para-hydroxylation sites is 1. The molecule has 1 N–H and O–H groups in total. The lowest BCUT2D eigenvalue weighted by Gasteiger charge is -1.99. The van der Waals surface area contributed by atoms with Crippen molar-refractivity contribution >= 4 is 22.2 Å². The van der Waals surface area contributed by atoms with E-state index in [1.54, 1.807) is 7.11 Å². The first kappa shape index (κ1) is 12.4. The van der Waals surface area contributed by atoms with Gasteiger partial charge in [-0.3, -0.25) is 0 Å². The van der Waals surface area contributed by atoms with Gasteiger partial charge in [-0.2, -0.15) is 0 Å². The van der Waals surface area contributed by atoms with E-state index in [-0.39, 0.29) is 5.82 Å². The van der Waals surface area contributed by atoms with Crippen molar-refractivity contribution in [1.82, 2.24) is 4.98 Å². The monoisotopic (exact) mass is 275 g/mol. The molecule has 2 aromatic heterocycles. The number of aromatic amines is 1. The van der Waals surface area contributed by atoms with E-state index >= 15 is 0 Å². The minimum absolute atomic E-state index is 0.119. The van der Waals surface area contributed by atoms with Crippen LogP contribution in [-0.4, -0.2) is 18.7 Å². The van der Waals surface area contributed by atoms with Crippen LogP contribution in [0.25, 0.3) is 22.0 Å². The van der Waals surface area contributed by atoms with Crippen molar-refractivity contribution in [3.8, 4) is 11.1 Å². The first-order valence-corrected chi connectivity index (χ1v) is 7.00. The molecule has 0 aliphatic heterocycles.